The molecule has 1 N–H and O–H groups in total. The van der Waals surface area contributed by atoms with E-state index in [0.29, 0.717) is 42.0 Å². The number of carbonyl (C=O) groups excluding carboxylic acids is 1. The summed E-state index contributed by atoms with van der Waals surface area (Å²) >= 11 is 6.12. The monoisotopic (exact) mass is 498 g/mol. The average molecular weight is 499 g/mol. The van der Waals surface area contributed by atoms with E-state index in [2.05, 4.69) is 5.32 Å². The van der Waals surface area contributed by atoms with Gasteiger partial charge in [0, 0.05) is 24.7 Å². The molecular formula is C26H31ClN4O4. The standard InChI is InChI=1S/C26H31ClN4O4/c1-4-28-26(32)30(16-21-8-7-15-34-21)17-22-18(2)29-31(20-13-11-19(27)12-14-20)25(22)35-24-10-6-5-9-23(24)33-3/h5-6,9-14,21H,4,7-8,15-17H2,1-3H3,(H,28,32)/t21-/m0/s1. The fraction of sp³-hybridized carbons (Fsp3) is 0.385. The van der Waals surface area contributed by atoms with Gasteiger partial charge in [0.15, 0.2) is 11.5 Å². The van der Waals surface area contributed by atoms with Crippen LogP contribution in [0.4, 0.5) is 4.79 Å². The van der Waals surface area contributed by atoms with E-state index < -0.39 is 0 Å². The smallest absolute Gasteiger partial charge is 0.317 e. The van der Waals surface area contributed by atoms with Crippen molar-refractivity contribution < 1.29 is 19.0 Å². The van der Waals surface area contributed by atoms with E-state index in [9.17, 15) is 4.79 Å². The summed E-state index contributed by atoms with van der Waals surface area (Å²) in [6.07, 6.45) is 1.95. The summed E-state index contributed by atoms with van der Waals surface area (Å²) in [6.45, 7) is 5.89. The number of aromatic nitrogens is 2. The van der Waals surface area contributed by atoms with E-state index in [1.807, 2.05) is 50.2 Å². The second kappa shape index (κ2) is 11.5. The van der Waals surface area contributed by atoms with Crippen molar-refractivity contribution in [2.75, 3.05) is 26.8 Å². The number of halogens is 1. The quantitative estimate of drug-likeness (QED) is 0.430. The summed E-state index contributed by atoms with van der Waals surface area (Å²) in [6, 6.07) is 14.7. The van der Waals surface area contributed by atoms with Crippen molar-refractivity contribution in [2.45, 2.75) is 39.3 Å². The van der Waals surface area contributed by atoms with Crippen LogP contribution >= 0.6 is 11.6 Å². The topological polar surface area (TPSA) is 77.9 Å². The van der Waals surface area contributed by atoms with Crippen LogP contribution in [0.2, 0.25) is 5.02 Å². The minimum atomic E-state index is -0.148. The summed E-state index contributed by atoms with van der Waals surface area (Å²) in [5.41, 5.74) is 2.35. The molecule has 1 saturated heterocycles. The molecule has 186 valence electrons. The largest absolute Gasteiger partial charge is 0.493 e. The highest BCUT2D eigenvalue weighted by Crippen LogP contribution is 2.36. The van der Waals surface area contributed by atoms with Gasteiger partial charge in [0.25, 0.3) is 0 Å². The van der Waals surface area contributed by atoms with Crippen LogP contribution in [0.3, 0.4) is 0 Å². The maximum absolute atomic E-state index is 13.0. The molecular weight excluding hydrogens is 468 g/mol. The summed E-state index contributed by atoms with van der Waals surface area (Å²) in [5, 5.41) is 8.32. The van der Waals surface area contributed by atoms with Gasteiger partial charge in [0.1, 0.15) is 0 Å². The Balaban J connectivity index is 1.75. The molecule has 8 nitrogen and oxygen atoms in total. The minimum Gasteiger partial charge on any atom is -0.493 e. The van der Waals surface area contributed by atoms with Crippen molar-refractivity contribution in [3.05, 3.63) is 64.8 Å². The number of amides is 2. The summed E-state index contributed by atoms with van der Waals surface area (Å²) in [4.78, 5) is 14.8. The highest BCUT2D eigenvalue weighted by Gasteiger charge is 2.27. The molecule has 0 spiro atoms. The normalized spacial score (nSPS) is 15.1. The van der Waals surface area contributed by atoms with E-state index in [1.54, 1.807) is 28.8 Å². The van der Waals surface area contributed by atoms with Gasteiger partial charge in [-0.2, -0.15) is 5.10 Å². The third-order valence-electron chi connectivity index (χ3n) is 5.90. The molecule has 35 heavy (non-hydrogen) atoms. The van der Waals surface area contributed by atoms with Crippen molar-refractivity contribution >= 4 is 17.6 Å². The van der Waals surface area contributed by atoms with Crippen molar-refractivity contribution in [3.63, 3.8) is 0 Å². The molecule has 1 aliphatic rings. The second-order valence-electron chi connectivity index (χ2n) is 8.36. The molecule has 0 aliphatic carbocycles. The van der Waals surface area contributed by atoms with Gasteiger partial charge in [-0.05, 0) is 63.1 Å². The molecule has 9 heteroatoms. The van der Waals surface area contributed by atoms with Crippen LogP contribution in [0.15, 0.2) is 48.5 Å². The van der Waals surface area contributed by atoms with Gasteiger partial charge >= 0.3 is 6.03 Å². The Morgan fingerprint density at radius 2 is 1.97 bits per heavy atom. The number of nitrogens with one attached hydrogen (secondary N) is 1. The zero-order valence-corrected chi connectivity index (χ0v) is 21.0. The molecule has 0 unspecified atom stereocenters. The zero-order valence-electron chi connectivity index (χ0n) is 20.3. The fourth-order valence-corrected chi connectivity index (χ4v) is 4.22. The van der Waals surface area contributed by atoms with E-state index in [4.69, 9.17) is 30.9 Å². The number of para-hydroxylation sites is 2. The first-order chi connectivity index (χ1) is 17.0. The van der Waals surface area contributed by atoms with Gasteiger partial charge in [-0.1, -0.05) is 23.7 Å². The number of nitrogens with zero attached hydrogens (tertiary/aromatic N) is 3. The Labute approximate surface area is 210 Å². The third-order valence-corrected chi connectivity index (χ3v) is 6.15. The number of methoxy groups -OCH3 is 1. The molecule has 0 radical (unpaired) electrons. The number of rotatable bonds is 9. The molecule has 1 atom stereocenters. The van der Waals surface area contributed by atoms with E-state index >= 15 is 0 Å². The molecule has 0 saturated carbocycles. The van der Waals surface area contributed by atoms with Crippen molar-refractivity contribution in [3.8, 4) is 23.1 Å². The maximum atomic E-state index is 13.0. The molecule has 4 rings (SSSR count). The van der Waals surface area contributed by atoms with Crippen LogP contribution in [0.1, 0.15) is 31.0 Å². The van der Waals surface area contributed by atoms with Crippen LogP contribution in [0.25, 0.3) is 5.69 Å². The lowest BCUT2D eigenvalue weighted by molar-refractivity contribution is 0.0793. The van der Waals surface area contributed by atoms with Gasteiger partial charge in [-0.15, -0.1) is 0 Å². The van der Waals surface area contributed by atoms with Crippen molar-refractivity contribution in [1.82, 2.24) is 20.0 Å². The number of urea groups is 1. The Morgan fingerprint density at radius 3 is 2.63 bits per heavy atom. The molecule has 1 fully saturated rings. The predicted molar refractivity (Wildman–Crippen MR) is 135 cm³/mol. The van der Waals surface area contributed by atoms with Crippen LogP contribution in [-0.4, -0.2) is 53.6 Å². The molecule has 2 aromatic carbocycles. The predicted octanol–water partition coefficient (Wildman–Crippen LogP) is 5.35. The third kappa shape index (κ3) is 5.89. The summed E-state index contributed by atoms with van der Waals surface area (Å²) in [7, 11) is 1.60. The molecule has 2 amide bonds. The molecule has 1 aliphatic heterocycles. The number of benzene rings is 2. The molecule has 3 aromatic rings. The fourth-order valence-electron chi connectivity index (χ4n) is 4.10. The van der Waals surface area contributed by atoms with Gasteiger partial charge in [0.05, 0.1) is 36.7 Å². The first kappa shape index (κ1) is 24.9. The lowest BCUT2D eigenvalue weighted by atomic mass is 10.2. The Hall–Kier alpha value is -3.23. The van der Waals surface area contributed by atoms with Crippen LogP contribution in [0.5, 0.6) is 17.4 Å². The number of ether oxygens (including phenoxy) is 3. The zero-order chi connectivity index (χ0) is 24.8. The Bertz CT molecular complexity index is 1140. The first-order valence-corrected chi connectivity index (χ1v) is 12.2. The summed E-state index contributed by atoms with van der Waals surface area (Å²) in [5.74, 6) is 1.66. The Kier molecular flexibility index (Phi) is 8.15. The second-order valence-corrected chi connectivity index (χ2v) is 8.80. The number of hydrogen-bond donors (Lipinski definition) is 1. The van der Waals surface area contributed by atoms with E-state index in [1.165, 1.54) is 0 Å². The molecule has 2 heterocycles. The van der Waals surface area contributed by atoms with Crippen LogP contribution < -0.4 is 14.8 Å². The van der Waals surface area contributed by atoms with Crippen LogP contribution in [-0.2, 0) is 11.3 Å². The van der Waals surface area contributed by atoms with Gasteiger partial charge in [-0.3, -0.25) is 0 Å². The molecule has 1 aromatic heterocycles. The molecule has 0 bridgehead atoms. The Morgan fingerprint density at radius 1 is 1.23 bits per heavy atom. The number of aryl methyl sites for hydroxylation is 1. The first-order valence-electron chi connectivity index (χ1n) is 11.8. The highest BCUT2D eigenvalue weighted by molar-refractivity contribution is 6.30. The van der Waals surface area contributed by atoms with Crippen molar-refractivity contribution in [2.24, 2.45) is 0 Å². The highest BCUT2D eigenvalue weighted by atomic mass is 35.5. The number of hydrogen-bond acceptors (Lipinski definition) is 5. The average Bonchev–Trinajstić information content (AvgIpc) is 3.48. The maximum Gasteiger partial charge on any atom is 0.317 e. The van der Waals surface area contributed by atoms with Crippen LogP contribution in [0, 0.1) is 6.92 Å². The summed E-state index contributed by atoms with van der Waals surface area (Å²) < 4.78 is 19.5. The lowest BCUT2D eigenvalue weighted by Gasteiger charge is -2.26. The minimum absolute atomic E-state index is 0.0165. The SMILES string of the molecule is CCNC(=O)N(Cc1c(C)nn(-c2ccc(Cl)cc2)c1Oc1ccccc1OC)C[C@@H]1CCCO1. The van der Waals surface area contributed by atoms with E-state index in [-0.39, 0.29) is 12.1 Å². The van der Waals surface area contributed by atoms with Crippen molar-refractivity contribution in [1.29, 1.82) is 0 Å². The van der Waals surface area contributed by atoms with Gasteiger partial charge < -0.3 is 24.4 Å². The number of carbonyl (C=O) groups is 1. The lowest BCUT2D eigenvalue weighted by Crippen LogP contribution is -2.43. The van der Waals surface area contributed by atoms with E-state index in [0.717, 1.165) is 36.4 Å². The van der Waals surface area contributed by atoms with Gasteiger partial charge in [-0.25, -0.2) is 9.48 Å². The van der Waals surface area contributed by atoms with Gasteiger partial charge in [0.2, 0.25) is 5.88 Å².